The fourth-order valence-corrected chi connectivity index (χ4v) is 7.11. The molecule has 5 rings (SSSR count). The van der Waals surface area contributed by atoms with Crippen LogP contribution in [-0.2, 0) is 12.6 Å². The van der Waals surface area contributed by atoms with E-state index in [1.165, 1.54) is 50.2 Å². The number of nitrogens with zero attached hydrogens (tertiary/aromatic N) is 2. The van der Waals surface area contributed by atoms with Gasteiger partial charge in [-0.05, 0) is 93.4 Å². The fraction of sp³-hybridized carbons (Fsp3) is 0.655. The van der Waals surface area contributed by atoms with Gasteiger partial charge in [0.15, 0.2) is 0 Å². The maximum atomic E-state index is 13.2. The molecular weight excluding hydrogens is 447 g/mol. The topological polar surface area (TPSA) is 18.5 Å². The molecule has 3 heterocycles. The molecule has 3 aliphatic heterocycles. The molecule has 0 aromatic heterocycles. The van der Waals surface area contributed by atoms with Gasteiger partial charge < -0.3 is 15.1 Å². The lowest BCUT2D eigenvalue weighted by molar-refractivity contribution is -0.138. The maximum absolute atomic E-state index is 13.2. The normalized spacial score (nSPS) is 26.8. The number of rotatable bonds is 6. The third-order valence-corrected chi connectivity index (χ3v) is 8.94. The molecule has 2 unspecified atom stereocenters. The number of hydrogen-bond donors (Lipinski definition) is 1. The summed E-state index contributed by atoms with van der Waals surface area (Å²) in [6.45, 7) is 12.4. The van der Waals surface area contributed by atoms with E-state index in [1.807, 2.05) is 6.07 Å². The first-order valence-electron chi connectivity index (χ1n) is 13.5. The highest BCUT2D eigenvalue weighted by atomic mass is 19.4. The van der Waals surface area contributed by atoms with E-state index in [1.54, 1.807) is 6.07 Å². The van der Waals surface area contributed by atoms with Crippen molar-refractivity contribution in [3.05, 3.63) is 59.1 Å². The number of likely N-dealkylation sites (tertiary alicyclic amines) is 2. The number of piperidine rings is 2. The van der Waals surface area contributed by atoms with Crippen LogP contribution < -0.4 is 5.32 Å². The molecule has 3 saturated heterocycles. The molecule has 3 nitrogen and oxygen atoms in total. The lowest BCUT2D eigenvalue weighted by Gasteiger charge is -2.62. The Morgan fingerprint density at radius 2 is 1.97 bits per heavy atom. The second kappa shape index (κ2) is 9.40. The van der Waals surface area contributed by atoms with Crippen molar-refractivity contribution in [2.45, 2.75) is 77.4 Å². The van der Waals surface area contributed by atoms with Crippen LogP contribution in [0.1, 0.15) is 68.6 Å². The molecule has 0 radical (unpaired) electrons. The van der Waals surface area contributed by atoms with E-state index in [4.69, 9.17) is 0 Å². The number of hydrogen-bond acceptors (Lipinski definition) is 3. The highest BCUT2D eigenvalue weighted by molar-refractivity contribution is 5.33. The van der Waals surface area contributed by atoms with Gasteiger partial charge in [-0.1, -0.05) is 25.6 Å². The minimum Gasteiger partial charge on any atom is -0.384 e. The SMILES string of the molecule is C=C1CCC2CCN(/C(=C/CC)N3CC4(CC(CCc5ccc(C)c(C(F)(F)F)c5)C4)C3)CC2N1. The molecule has 1 N–H and O–H groups in total. The molecule has 192 valence electrons. The van der Waals surface area contributed by atoms with Crippen LogP contribution in [0, 0.1) is 24.2 Å². The zero-order valence-corrected chi connectivity index (χ0v) is 21.3. The van der Waals surface area contributed by atoms with Gasteiger partial charge >= 0.3 is 6.18 Å². The average molecular weight is 488 g/mol. The average Bonchev–Trinajstić information content (AvgIpc) is 2.75. The zero-order chi connectivity index (χ0) is 24.8. The summed E-state index contributed by atoms with van der Waals surface area (Å²) >= 11 is 0. The third-order valence-electron chi connectivity index (χ3n) is 8.94. The van der Waals surface area contributed by atoms with Gasteiger partial charge in [-0.25, -0.2) is 0 Å². The van der Waals surface area contributed by atoms with Crippen molar-refractivity contribution in [2.24, 2.45) is 17.3 Å². The van der Waals surface area contributed by atoms with Gasteiger partial charge in [0.2, 0.25) is 0 Å². The van der Waals surface area contributed by atoms with E-state index in [0.29, 0.717) is 22.9 Å². The van der Waals surface area contributed by atoms with Crippen LogP contribution in [0.5, 0.6) is 0 Å². The summed E-state index contributed by atoms with van der Waals surface area (Å²) in [6.07, 6.45) is 6.97. The van der Waals surface area contributed by atoms with Crippen molar-refractivity contribution >= 4 is 0 Å². The van der Waals surface area contributed by atoms with E-state index in [0.717, 1.165) is 63.3 Å². The van der Waals surface area contributed by atoms with Crippen LogP contribution in [0.2, 0.25) is 0 Å². The molecule has 1 saturated carbocycles. The number of aryl methyl sites for hydroxylation is 2. The van der Waals surface area contributed by atoms with Gasteiger partial charge in [-0.2, -0.15) is 13.2 Å². The van der Waals surface area contributed by atoms with Gasteiger partial charge in [0.25, 0.3) is 0 Å². The summed E-state index contributed by atoms with van der Waals surface area (Å²) in [5.74, 6) is 2.83. The highest BCUT2D eigenvalue weighted by Gasteiger charge is 2.53. The van der Waals surface area contributed by atoms with Crippen molar-refractivity contribution in [3.63, 3.8) is 0 Å². The largest absolute Gasteiger partial charge is 0.416 e. The summed E-state index contributed by atoms with van der Waals surface area (Å²) in [4.78, 5) is 5.17. The first-order chi connectivity index (χ1) is 16.7. The highest BCUT2D eigenvalue weighted by Crippen LogP contribution is 2.54. The van der Waals surface area contributed by atoms with Gasteiger partial charge in [0.05, 0.1) is 11.4 Å². The zero-order valence-electron chi connectivity index (χ0n) is 21.3. The lowest BCUT2D eigenvalue weighted by Crippen LogP contribution is -2.64. The molecule has 1 aliphatic carbocycles. The molecule has 2 atom stereocenters. The smallest absolute Gasteiger partial charge is 0.384 e. The summed E-state index contributed by atoms with van der Waals surface area (Å²) in [6, 6.07) is 5.36. The van der Waals surface area contributed by atoms with Gasteiger partial charge in [-0.3, -0.25) is 0 Å². The Kier molecular flexibility index (Phi) is 6.60. The predicted octanol–water partition coefficient (Wildman–Crippen LogP) is 6.50. The second-order valence-corrected chi connectivity index (χ2v) is 11.7. The van der Waals surface area contributed by atoms with Gasteiger partial charge in [0.1, 0.15) is 0 Å². The molecule has 6 heteroatoms. The standard InChI is InChI=1S/C29H40F3N3/c1-4-5-27(34-13-12-24-11-7-21(3)33-26(24)17-34)35-18-28(19-35)15-23(16-28)10-9-22-8-6-20(2)25(14-22)29(30,31)32/h5-6,8,14,23-24,26,33H,3-4,7,9-13,15-19H2,1-2H3/b27-5-. The molecule has 0 amide bonds. The monoisotopic (exact) mass is 487 g/mol. The number of allylic oxidation sites excluding steroid dienone is 2. The minimum absolute atomic E-state index is 0.308. The minimum atomic E-state index is -4.27. The van der Waals surface area contributed by atoms with Crippen molar-refractivity contribution < 1.29 is 13.2 Å². The second-order valence-electron chi connectivity index (χ2n) is 11.7. The van der Waals surface area contributed by atoms with E-state index in [9.17, 15) is 13.2 Å². The van der Waals surface area contributed by atoms with Crippen LogP contribution in [0.25, 0.3) is 0 Å². The molecule has 1 aromatic carbocycles. The molecule has 1 aromatic rings. The first-order valence-corrected chi connectivity index (χ1v) is 13.5. The van der Waals surface area contributed by atoms with E-state index < -0.39 is 11.7 Å². The summed E-state index contributed by atoms with van der Waals surface area (Å²) in [5.41, 5.74) is 2.26. The lowest BCUT2D eigenvalue weighted by atomic mass is 9.56. The van der Waals surface area contributed by atoms with E-state index >= 15 is 0 Å². The number of benzene rings is 1. The van der Waals surface area contributed by atoms with Crippen LogP contribution in [0.3, 0.4) is 0 Å². The van der Waals surface area contributed by atoms with Crippen molar-refractivity contribution in [1.82, 2.24) is 15.1 Å². The molecule has 0 bridgehead atoms. The Morgan fingerprint density at radius 1 is 1.20 bits per heavy atom. The van der Waals surface area contributed by atoms with Crippen LogP contribution in [0.15, 0.2) is 42.4 Å². The predicted molar refractivity (Wildman–Crippen MR) is 135 cm³/mol. The molecule has 4 aliphatic rings. The quantitative estimate of drug-likeness (QED) is 0.494. The Morgan fingerprint density at radius 3 is 2.69 bits per heavy atom. The Hall–Kier alpha value is -2.11. The number of alkyl halides is 3. The van der Waals surface area contributed by atoms with E-state index in [2.05, 4.69) is 34.7 Å². The van der Waals surface area contributed by atoms with Gasteiger partial charge in [0, 0.05) is 43.3 Å². The van der Waals surface area contributed by atoms with Crippen molar-refractivity contribution in [1.29, 1.82) is 0 Å². The number of nitrogens with one attached hydrogen (secondary N) is 1. The Bertz CT molecular complexity index is 968. The van der Waals surface area contributed by atoms with Crippen molar-refractivity contribution in [2.75, 3.05) is 26.2 Å². The van der Waals surface area contributed by atoms with Crippen LogP contribution in [-0.4, -0.2) is 42.0 Å². The summed E-state index contributed by atoms with van der Waals surface area (Å²) in [5, 5.41) is 3.66. The fourth-order valence-electron chi connectivity index (χ4n) is 7.11. The number of halogens is 3. The molecule has 4 fully saturated rings. The summed E-state index contributed by atoms with van der Waals surface area (Å²) in [7, 11) is 0. The van der Waals surface area contributed by atoms with Crippen molar-refractivity contribution in [3.8, 4) is 0 Å². The third kappa shape index (κ3) is 5.08. The number of fused-ring (bicyclic) bond motifs is 1. The maximum Gasteiger partial charge on any atom is 0.416 e. The van der Waals surface area contributed by atoms with Gasteiger partial charge in [-0.15, -0.1) is 0 Å². The first kappa shape index (κ1) is 24.6. The summed E-state index contributed by atoms with van der Waals surface area (Å²) < 4.78 is 39.7. The molecule has 35 heavy (non-hydrogen) atoms. The Labute approximate surface area is 208 Å². The molecular formula is C29H40F3N3. The van der Waals surface area contributed by atoms with E-state index in [-0.39, 0.29) is 0 Å². The van der Waals surface area contributed by atoms with Crippen LogP contribution in [0.4, 0.5) is 13.2 Å². The Balaban J connectivity index is 1.11. The molecule has 1 spiro atoms. The van der Waals surface area contributed by atoms with Crippen LogP contribution >= 0.6 is 0 Å².